The van der Waals surface area contributed by atoms with Gasteiger partial charge in [-0.15, -0.1) is 0 Å². The highest BCUT2D eigenvalue weighted by molar-refractivity contribution is 5.17. The average molecular weight is 222 g/mol. The van der Waals surface area contributed by atoms with Crippen molar-refractivity contribution in [1.82, 2.24) is 4.90 Å². The van der Waals surface area contributed by atoms with Crippen LogP contribution in [0, 0.1) is 11.2 Å². The first-order valence-corrected chi connectivity index (χ1v) is 5.79. The van der Waals surface area contributed by atoms with Crippen LogP contribution in [0.5, 0.6) is 0 Å². The molecule has 0 saturated carbocycles. The Balaban J connectivity index is 2.00. The Hall–Kier alpha value is -0.930. The molecule has 1 aliphatic heterocycles. The summed E-state index contributed by atoms with van der Waals surface area (Å²) in [6.45, 7) is 5.59. The van der Waals surface area contributed by atoms with Gasteiger partial charge in [0.2, 0.25) is 0 Å². The van der Waals surface area contributed by atoms with Gasteiger partial charge in [-0.1, -0.05) is 25.1 Å². The smallest absolute Gasteiger partial charge is 0.127 e. The molecule has 1 saturated heterocycles. The molecule has 0 aliphatic carbocycles. The van der Waals surface area contributed by atoms with Crippen LogP contribution in [-0.2, 0) is 6.54 Å². The Morgan fingerprint density at radius 1 is 1.44 bits per heavy atom. The van der Waals surface area contributed by atoms with E-state index in [1.165, 1.54) is 6.07 Å². The quantitative estimate of drug-likeness (QED) is 0.847. The SMILES string of the molecule is CC1(CN)CCN(Cc2ccccc2F)C1. The summed E-state index contributed by atoms with van der Waals surface area (Å²) < 4.78 is 13.5. The minimum Gasteiger partial charge on any atom is -0.330 e. The van der Waals surface area contributed by atoms with E-state index in [2.05, 4.69) is 11.8 Å². The third-order valence-electron chi connectivity index (χ3n) is 3.48. The molecule has 1 fully saturated rings. The lowest BCUT2D eigenvalue weighted by molar-refractivity contribution is 0.271. The lowest BCUT2D eigenvalue weighted by atomic mass is 9.90. The summed E-state index contributed by atoms with van der Waals surface area (Å²) in [6, 6.07) is 6.99. The fourth-order valence-electron chi connectivity index (χ4n) is 2.30. The molecule has 2 N–H and O–H groups in total. The van der Waals surface area contributed by atoms with Crippen molar-refractivity contribution >= 4 is 0 Å². The zero-order valence-corrected chi connectivity index (χ0v) is 9.75. The van der Waals surface area contributed by atoms with E-state index in [0.29, 0.717) is 13.1 Å². The number of hydrogen-bond donors (Lipinski definition) is 1. The molecule has 16 heavy (non-hydrogen) atoms. The molecule has 0 spiro atoms. The van der Waals surface area contributed by atoms with Crippen molar-refractivity contribution in [3.63, 3.8) is 0 Å². The summed E-state index contributed by atoms with van der Waals surface area (Å²) in [5, 5.41) is 0. The summed E-state index contributed by atoms with van der Waals surface area (Å²) >= 11 is 0. The summed E-state index contributed by atoms with van der Waals surface area (Å²) in [5.41, 5.74) is 6.75. The number of halogens is 1. The molecular formula is C13H19FN2. The van der Waals surface area contributed by atoms with E-state index >= 15 is 0 Å². The van der Waals surface area contributed by atoms with E-state index in [1.807, 2.05) is 12.1 Å². The molecule has 1 atom stereocenters. The minimum absolute atomic E-state index is 0.108. The second kappa shape index (κ2) is 4.52. The fraction of sp³-hybridized carbons (Fsp3) is 0.538. The number of likely N-dealkylation sites (tertiary alicyclic amines) is 1. The lowest BCUT2D eigenvalue weighted by Gasteiger charge is -2.22. The first-order chi connectivity index (χ1) is 7.63. The van der Waals surface area contributed by atoms with Gasteiger partial charge in [-0.25, -0.2) is 4.39 Å². The predicted octanol–water partition coefficient (Wildman–Crippen LogP) is 2.00. The van der Waals surface area contributed by atoms with Crippen molar-refractivity contribution in [2.24, 2.45) is 11.1 Å². The number of rotatable bonds is 3. The molecule has 3 heteroatoms. The number of nitrogens with zero attached hydrogens (tertiary/aromatic N) is 1. The average Bonchev–Trinajstić information content (AvgIpc) is 2.65. The number of hydrogen-bond acceptors (Lipinski definition) is 2. The molecule has 2 rings (SSSR count). The van der Waals surface area contributed by atoms with Gasteiger partial charge >= 0.3 is 0 Å². The first kappa shape index (κ1) is 11.6. The standard InChI is InChI=1S/C13H19FN2/c1-13(9-15)6-7-16(10-13)8-11-4-2-3-5-12(11)14/h2-5H,6-10,15H2,1H3. The van der Waals surface area contributed by atoms with Crippen molar-refractivity contribution in [3.05, 3.63) is 35.6 Å². The maximum Gasteiger partial charge on any atom is 0.127 e. The van der Waals surface area contributed by atoms with E-state index in [1.54, 1.807) is 6.07 Å². The molecule has 1 heterocycles. The Morgan fingerprint density at radius 2 is 2.19 bits per heavy atom. The zero-order chi connectivity index (χ0) is 11.6. The molecular weight excluding hydrogens is 203 g/mol. The van der Waals surface area contributed by atoms with Crippen LogP contribution in [0.3, 0.4) is 0 Å². The van der Waals surface area contributed by atoms with Crippen LogP contribution in [-0.4, -0.2) is 24.5 Å². The fourth-order valence-corrected chi connectivity index (χ4v) is 2.30. The van der Waals surface area contributed by atoms with Gasteiger partial charge in [0.1, 0.15) is 5.82 Å². The van der Waals surface area contributed by atoms with Gasteiger partial charge in [-0.2, -0.15) is 0 Å². The first-order valence-electron chi connectivity index (χ1n) is 5.79. The highest BCUT2D eigenvalue weighted by Gasteiger charge is 2.32. The summed E-state index contributed by atoms with van der Waals surface area (Å²) in [7, 11) is 0. The van der Waals surface area contributed by atoms with Gasteiger partial charge in [0.25, 0.3) is 0 Å². The van der Waals surface area contributed by atoms with Gasteiger partial charge < -0.3 is 5.73 Å². The Kier molecular flexibility index (Phi) is 3.26. The van der Waals surface area contributed by atoms with Gasteiger partial charge in [-0.3, -0.25) is 4.90 Å². The molecule has 0 aromatic heterocycles. The van der Waals surface area contributed by atoms with Gasteiger partial charge in [-0.05, 0) is 31.0 Å². The van der Waals surface area contributed by atoms with Crippen molar-refractivity contribution in [2.45, 2.75) is 19.9 Å². The number of benzene rings is 1. The van der Waals surface area contributed by atoms with Crippen LogP contribution in [0.15, 0.2) is 24.3 Å². The maximum absolute atomic E-state index is 13.5. The summed E-state index contributed by atoms with van der Waals surface area (Å²) in [4.78, 5) is 2.28. The molecule has 1 unspecified atom stereocenters. The van der Waals surface area contributed by atoms with Gasteiger partial charge in [0, 0.05) is 18.7 Å². The molecule has 1 aromatic carbocycles. The third-order valence-corrected chi connectivity index (χ3v) is 3.48. The second-order valence-corrected chi connectivity index (χ2v) is 5.07. The van der Waals surface area contributed by atoms with Gasteiger partial charge in [0.05, 0.1) is 0 Å². The van der Waals surface area contributed by atoms with Crippen molar-refractivity contribution in [2.75, 3.05) is 19.6 Å². The van der Waals surface area contributed by atoms with Crippen LogP contribution < -0.4 is 5.73 Å². The Bertz CT molecular complexity index is 367. The van der Waals surface area contributed by atoms with Crippen LogP contribution in [0.2, 0.25) is 0 Å². The largest absolute Gasteiger partial charge is 0.330 e. The van der Waals surface area contributed by atoms with E-state index in [4.69, 9.17) is 5.73 Å². The van der Waals surface area contributed by atoms with E-state index < -0.39 is 0 Å². The topological polar surface area (TPSA) is 29.3 Å². The molecule has 0 bridgehead atoms. The summed E-state index contributed by atoms with van der Waals surface area (Å²) in [5.74, 6) is -0.108. The van der Waals surface area contributed by atoms with Crippen LogP contribution in [0.4, 0.5) is 4.39 Å². The van der Waals surface area contributed by atoms with E-state index in [9.17, 15) is 4.39 Å². The lowest BCUT2D eigenvalue weighted by Crippen LogP contribution is -2.31. The molecule has 0 amide bonds. The predicted molar refractivity (Wildman–Crippen MR) is 63.5 cm³/mol. The van der Waals surface area contributed by atoms with Crippen molar-refractivity contribution in [1.29, 1.82) is 0 Å². The number of nitrogens with two attached hydrogens (primary N) is 1. The highest BCUT2D eigenvalue weighted by Crippen LogP contribution is 2.29. The maximum atomic E-state index is 13.5. The minimum atomic E-state index is -0.108. The summed E-state index contributed by atoms with van der Waals surface area (Å²) in [6.07, 6.45) is 1.11. The second-order valence-electron chi connectivity index (χ2n) is 5.07. The third kappa shape index (κ3) is 2.42. The zero-order valence-electron chi connectivity index (χ0n) is 9.75. The monoisotopic (exact) mass is 222 g/mol. The van der Waals surface area contributed by atoms with E-state index in [-0.39, 0.29) is 11.2 Å². The van der Waals surface area contributed by atoms with Crippen molar-refractivity contribution < 1.29 is 4.39 Å². The van der Waals surface area contributed by atoms with Crippen LogP contribution >= 0.6 is 0 Å². The van der Waals surface area contributed by atoms with Crippen LogP contribution in [0.1, 0.15) is 18.9 Å². The van der Waals surface area contributed by atoms with Crippen molar-refractivity contribution in [3.8, 4) is 0 Å². The molecule has 0 radical (unpaired) electrons. The normalized spacial score (nSPS) is 26.2. The Morgan fingerprint density at radius 3 is 2.81 bits per heavy atom. The van der Waals surface area contributed by atoms with Crippen LogP contribution in [0.25, 0.3) is 0 Å². The van der Waals surface area contributed by atoms with E-state index in [0.717, 1.165) is 25.1 Å². The highest BCUT2D eigenvalue weighted by atomic mass is 19.1. The van der Waals surface area contributed by atoms with Gasteiger partial charge in [0.15, 0.2) is 0 Å². The molecule has 2 nitrogen and oxygen atoms in total. The molecule has 1 aromatic rings. The molecule has 1 aliphatic rings. The molecule has 88 valence electrons. The Labute approximate surface area is 96.2 Å².